The summed E-state index contributed by atoms with van der Waals surface area (Å²) in [7, 11) is 0. The van der Waals surface area contributed by atoms with E-state index in [4.69, 9.17) is 4.74 Å². The summed E-state index contributed by atoms with van der Waals surface area (Å²) in [4.78, 5) is 24.8. The number of nitrogens with one attached hydrogen (secondary N) is 2. The molecule has 3 rings (SSSR count). The van der Waals surface area contributed by atoms with Gasteiger partial charge in [-0.3, -0.25) is 9.59 Å². The van der Waals surface area contributed by atoms with Crippen LogP contribution in [-0.4, -0.2) is 31.6 Å². The molecule has 2 aromatic rings. The number of rotatable bonds is 5. The van der Waals surface area contributed by atoms with Crippen molar-refractivity contribution in [3.05, 3.63) is 65.7 Å². The summed E-state index contributed by atoms with van der Waals surface area (Å²) in [5, 5.41) is 5.57. The molecular weight excluding hydrogens is 340 g/mol. The van der Waals surface area contributed by atoms with Crippen LogP contribution in [0.3, 0.4) is 0 Å². The third-order valence-electron chi connectivity index (χ3n) is 5.28. The molecule has 0 bridgehead atoms. The molecule has 2 N–H and O–H groups in total. The second-order valence-corrected chi connectivity index (χ2v) is 6.91. The molecule has 0 aromatic heterocycles. The zero-order chi connectivity index (χ0) is 19.1. The summed E-state index contributed by atoms with van der Waals surface area (Å²) in [5.74, 6) is -1.24. The van der Waals surface area contributed by atoms with Crippen LogP contribution in [0.1, 0.15) is 30.9 Å². The highest BCUT2D eigenvalue weighted by Gasteiger charge is 2.35. The van der Waals surface area contributed by atoms with Crippen molar-refractivity contribution in [2.24, 2.45) is 0 Å². The Kier molecular flexibility index (Phi) is 6.24. The third-order valence-corrected chi connectivity index (χ3v) is 5.28. The van der Waals surface area contributed by atoms with Crippen molar-refractivity contribution in [1.29, 1.82) is 0 Å². The molecule has 2 amide bonds. The Morgan fingerprint density at radius 3 is 2.33 bits per heavy atom. The number of ether oxygens (including phenoxy) is 1. The van der Waals surface area contributed by atoms with Crippen LogP contribution in [0.4, 0.5) is 5.69 Å². The van der Waals surface area contributed by atoms with Crippen LogP contribution in [-0.2, 0) is 26.2 Å². The fourth-order valence-corrected chi connectivity index (χ4v) is 3.58. The Morgan fingerprint density at radius 2 is 1.63 bits per heavy atom. The molecule has 142 valence electrons. The number of hydrogen-bond acceptors (Lipinski definition) is 3. The molecule has 0 saturated carbocycles. The van der Waals surface area contributed by atoms with E-state index < -0.39 is 11.8 Å². The van der Waals surface area contributed by atoms with Gasteiger partial charge in [0.05, 0.1) is 0 Å². The topological polar surface area (TPSA) is 67.4 Å². The zero-order valence-corrected chi connectivity index (χ0v) is 15.7. The van der Waals surface area contributed by atoms with Crippen LogP contribution >= 0.6 is 0 Å². The second-order valence-electron chi connectivity index (χ2n) is 6.91. The molecule has 1 aliphatic heterocycles. The number of carbonyl (C=O) groups excluding carboxylic acids is 2. The summed E-state index contributed by atoms with van der Waals surface area (Å²) in [6.07, 6.45) is 2.42. The van der Waals surface area contributed by atoms with E-state index >= 15 is 0 Å². The van der Waals surface area contributed by atoms with E-state index in [1.807, 2.05) is 49.4 Å². The van der Waals surface area contributed by atoms with Gasteiger partial charge in [-0.25, -0.2) is 0 Å². The molecule has 0 atom stereocenters. The van der Waals surface area contributed by atoms with Gasteiger partial charge >= 0.3 is 11.8 Å². The molecule has 0 spiro atoms. The minimum Gasteiger partial charge on any atom is -0.381 e. The maximum absolute atomic E-state index is 12.4. The minimum absolute atomic E-state index is 0.198. The van der Waals surface area contributed by atoms with Gasteiger partial charge in [-0.2, -0.15) is 0 Å². The van der Waals surface area contributed by atoms with Crippen molar-refractivity contribution in [1.82, 2.24) is 5.32 Å². The molecule has 5 nitrogen and oxygen atoms in total. The molecule has 0 aliphatic carbocycles. The van der Waals surface area contributed by atoms with Gasteiger partial charge in [-0.15, -0.1) is 0 Å². The first-order valence-electron chi connectivity index (χ1n) is 9.45. The first-order chi connectivity index (χ1) is 13.1. The van der Waals surface area contributed by atoms with Gasteiger partial charge < -0.3 is 15.4 Å². The maximum atomic E-state index is 12.4. The summed E-state index contributed by atoms with van der Waals surface area (Å²) in [6, 6.07) is 17.7. The Bertz CT molecular complexity index is 783. The summed E-state index contributed by atoms with van der Waals surface area (Å²) in [6.45, 7) is 3.74. The predicted octanol–water partition coefficient (Wildman–Crippen LogP) is 3.05. The van der Waals surface area contributed by atoms with Gasteiger partial charge in [0, 0.05) is 30.9 Å². The van der Waals surface area contributed by atoms with Gasteiger partial charge in [-0.05, 0) is 36.5 Å². The van der Waals surface area contributed by atoms with Crippen molar-refractivity contribution in [2.45, 2.75) is 31.6 Å². The number of benzene rings is 2. The largest absolute Gasteiger partial charge is 0.381 e. The average Bonchev–Trinajstić information content (AvgIpc) is 2.73. The SMILES string of the molecule is CCc1ccccc1NC(=O)C(=O)NCC1(c2ccccc2)CCOCC1. The second kappa shape index (κ2) is 8.82. The van der Waals surface area contributed by atoms with Crippen molar-refractivity contribution in [3.8, 4) is 0 Å². The molecule has 1 fully saturated rings. The summed E-state index contributed by atoms with van der Waals surface area (Å²) >= 11 is 0. The average molecular weight is 366 g/mol. The summed E-state index contributed by atoms with van der Waals surface area (Å²) in [5.41, 5.74) is 2.66. The van der Waals surface area contributed by atoms with Crippen molar-refractivity contribution >= 4 is 17.5 Å². The van der Waals surface area contributed by atoms with E-state index in [0.29, 0.717) is 25.4 Å². The lowest BCUT2D eigenvalue weighted by Gasteiger charge is -2.37. The van der Waals surface area contributed by atoms with Gasteiger partial charge in [0.2, 0.25) is 0 Å². The fraction of sp³-hybridized carbons (Fsp3) is 0.364. The van der Waals surface area contributed by atoms with Gasteiger partial charge in [-0.1, -0.05) is 55.5 Å². The monoisotopic (exact) mass is 366 g/mol. The molecule has 27 heavy (non-hydrogen) atoms. The summed E-state index contributed by atoms with van der Waals surface area (Å²) < 4.78 is 5.51. The number of para-hydroxylation sites is 1. The van der Waals surface area contributed by atoms with Crippen LogP contribution in [0.15, 0.2) is 54.6 Å². The van der Waals surface area contributed by atoms with Crippen LogP contribution in [0, 0.1) is 0 Å². The highest BCUT2D eigenvalue weighted by Crippen LogP contribution is 2.34. The number of anilines is 1. The van der Waals surface area contributed by atoms with E-state index in [2.05, 4.69) is 22.8 Å². The smallest absolute Gasteiger partial charge is 0.313 e. The van der Waals surface area contributed by atoms with E-state index in [0.717, 1.165) is 24.8 Å². The predicted molar refractivity (Wildman–Crippen MR) is 106 cm³/mol. The molecule has 0 radical (unpaired) electrons. The highest BCUT2D eigenvalue weighted by molar-refractivity contribution is 6.39. The number of aryl methyl sites for hydroxylation is 1. The zero-order valence-electron chi connectivity index (χ0n) is 15.7. The molecule has 0 unspecified atom stereocenters. The lowest BCUT2D eigenvalue weighted by molar-refractivity contribution is -0.136. The first-order valence-corrected chi connectivity index (χ1v) is 9.45. The Morgan fingerprint density at radius 1 is 0.963 bits per heavy atom. The van der Waals surface area contributed by atoms with Crippen LogP contribution in [0.25, 0.3) is 0 Å². The Labute approximate surface area is 160 Å². The third kappa shape index (κ3) is 4.55. The quantitative estimate of drug-likeness (QED) is 0.799. The van der Waals surface area contributed by atoms with Crippen LogP contribution < -0.4 is 10.6 Å². The van der Waals surface area contributed by atoms with Crippen molar-refractivity contribution in [3.63, 3.8) is 0 Å². The normalized spacial score (nSPS) is 15.7. The minimum atomic E-state index is -0.633. The van der Waals surface area contributed by atoms with Gasteiger partial charge in [0.25, 0.3) is 0 Å². The lowest BCUT2D eigenvalue weighted by atomic mass is 9.74. The van der Waals surface area contributed by atoms with E-state index in [1.54, 1.807) is 0 Å². The number of hydrogen-bond donors (Lipinski definition) is 2. The highest BCUT2D eigenvalue weighted by atomic mass is 16.5. The Hall–Kier alpha value is -2.66. The Balaban J connectivity index is 1.66. The van der Waals surface area contributed by atoms with Crippen molar-refractivity contribution < 1.29 is 14.3 Å². The number of amides is 2. The van der Waals surface area contributed by atoms with Crippen LogP contribution in [0.2, 0.25) is 0 Å². The van der Waals surface area contributed by atoms with Gasteiger partial charge in [0.15, 0.2) is 0 Å². The lowest BCUT2D eigenvalue weighted by Crippen LogP contribution is -2.47. The van der Waals surface area contributed by atoms with Crippen molar-refractivity contribution in [2.75, 3.05) is 25.1 Å². The molecule has 1 aliphatic rings. The van der Waals surface area contributed by atoms with Crippen LogP contribution in [0.5, 0.6) is 0 Å². The molecular formula is C22H26N2O3. The van der Waals surface area contributed by atoms with E-state index in [-0.39, 0.29) is 5.41 Å². The fourth-order valence-electron chi connectivity index (χ4n) is 3.58. The molecule has 5 heteroatoms. The van der Waals surface area contributed by atoms with E-state index in [1.165, 1.54) is 5.56 Å². The maximum Gasteiger partial charge on any atom is 0.313 e. The standard InChI is InChI=1S/C22H26N2O3/c1-2-17-8-6-7-11-19(17)24-21(26)20(25)23-16-22(12-14-27-15-13-22)18-9-4-3-5-10-18/h3-11H,2,12-16H2,1H3,(H,23,25)(H,24,26). The molecule has 1 heterocycles. The molecule has 1 saturated heterocycles. The van der Waals surface area contributed by atoms with E-state index in [9.17, 15) is 9.59 Å². The first kappa shape index (κ1) is 19.1. The molecule has 2 aromatic carbocycles. The number of carbonyl (C=O) groups is 2. The van der Waals surface area contributed by atoms with Gasteiger partial charge in [0.1, 0.15) is 0 Å².